The second-order valence-corrected chi connectivity index (χ2v) is 7.27. The van der Waals surface area contributed by atoms with Gasteiger partial charge in [0.15, 0.2) is 11.6 Å². The zero-order chi connectivity index (χ0) is 22.1. The fourth-order valence-electron chi connectivity index (χ4n) is 3.75. The molecule has 2 N–H and O–H groups in total. The lowest BCUT2D eigenvalue weighted by atomic mass is 10.1. The topological polar surface area (TPSA) is 93.7 Å². The van der Waals surface area contributed by atoms with E-state index in [0.29, 0.717) is 17.5 Å². The lowest BCUT2D eigenvalue weighted by Crippen LogP contribution is -2.05. The molecular formula is C22H24FN7O. The van der Waals surface area contributed by atoms with E-state index in [1.54, 1.807) is 27.6 Å². The molecule has 0 unspecified atom stereocenters. The van der Waals surface area contributed by atoms with E-state index in [9.17, 15) is 9.50 Å². The molecule has 0 spiro atoms. The van der Waals surface area contributed by atoms with Gasteiger partial charge in [0.25, 0.3) is 0 Å². The molecule has 0 radical (unpaired) electrons. The molecule has 4 rings (SSSR count). The first-order valence-corrected chi connectivity index (χ1v) is 10.00. The number of aryl methyl sites for hydroxylation is 2. The van der Waals surface area contributed by atoms with Gasteiger partial charge in [0.1, 0.15) is 18.0 Å². The second-order valence-electron chi connectivity index (χ2n) is 7.27. The van der Waals surface area contributed by atoms with Gasteiger partial charge in [-0.2, -0.15) is 10.2 Å². The SMILES string of the molecule is CCc1c(Nc2cc(-n3nc(C)c(CO)c3C)ncn2)nn(C)c1-c1ccc(F)cc1. The average Bonchev–Trinajstić information content (AvgIpc) is 3.23. The molecule has 1 aromatic carbocycles. The van der Waals surface area contributed by atoms with Crippen LogP contribution < -0.4 is 5.32 Å². The number of rotatable bonds is 6. The molecule has 0 fully saturated rings. The van der Waals surface area contributed by atoms with Gasteiger partial charge in [0.2, 0.25) is 0 Å². The molecule has 0 bridgehead atoms. The second kappa shape index (κ2) is 8.27. The number of anilines is 2. The van der Waals surface area contributed by atoms with Crippen molar-refractivity contribution in [1.29, 1.82) is 0 Å². The number of nitrogens with one attached hydrogen (secondary N) is 1. The molecule has 8 nitrogen and oxygen atoms in total. The highest BCUT2D eigenvalue weighted by Gasteiger charge is 2.18. The molecule has 4 aromatic rings. The Morgan fingerprint density at radius 2 is 1.81 bits per heavy atom. The molecule has 31 heavy (non-hydrogen) atoms. The summed E-state index contributed by atoms with van der Waals surface area (Å²) >= 11 is 0. The van der Waals surface area contributed by atoms with Crippen LogP contribution >= 0.6 is 0 Å². The molecule has 0 aliphatic rings. The predicted molar refractivity (Wildman–Crippen MR) is 116 cm³/mol. The van der Waals surface area contributed by atoms with Crippen LogP contribution in [0.3, 0.4) is 0 Å². The molecule has 0 atom stereocenters. The Hall–Kier alpha value is -3.59. The van der Waals surface area contributed by atoms with E-state index in [4.69, 9.17) is 0 Å². The quantitative estimate of drug-likeness (QED) is 0.494. The van der Waals surface area contributed by atoms with Crippen LogP contribution in [0.1, 0.15) is 29.4 Å². The lowest BCUT2D eigenvalue weighted by molar-refractivity contribution is 0.280. The van der Waals surface area contributed by atoms with E-state index in [-0.39, 0.29) is 12.4 Å². The van der Waals surface area contributed by atoms with E-state index in [2.05, 4.69) is 25.5 Å². The first-order valence-electron chi connectivity index (χ1n) is 10.00. The lowest BCUT2D eigenvalue weighted by Gasteiger charge is -2.08. The van der Waals surface area contributed by atoms with E-state index in [1.165, 1.54) is 18.5 Å². The summed E-state index contributed by atoms with van der Waals surface area (Å²) in [5, 5.41) is 22.0. The van der Waals surface area contributed by atoms with Crippen molar-refractivity contribution < 1.29 is 9.50 Å². The van der Waals surface area contributed by atoms with E-state index in [1.807, 2.05) is 27.8 Å². The van der Waals surface area contributed by atoms with E-state index in [0.717, 1.165) is 40.2 Å². The Balaban J connectivity index is 1.70. The number of aliphatic hydroxyl groups excluding tert-OH is 1. The maximum Gasteiger partial charge on any atom is 0.159 e. The Kier molecular flexibility index (Phi) is 5.51. The number of halogens is 1. The van der Waals surface area contributed by atoms with Crippen LogP contribution in [0, 0.1) is 19.7 Å². The van der Waals surface area contributed by atoms with Gasteiger partial charge < -0.3 is 10.4 Å². The van der Waals surface area contributed by atoms with Crippen molar-refractivity contribution in [3.63, 3.8) is 0 Å². The summed E-state index contributed by atoms with van der Waals surface area (Å²) < 4.78 is 16.8. The van der Waals surface area contributed by atoms with Gasteiger partial charge in [-0.15, -0.1) is 0 Å². The van der Waals surface area contributed by atoms with Crippen molar-refractivity contribution in [2.75, 3.05) is 5.32 Å². The van der Waals surface area contributed by atoms with Crippen LogP contribution in [0.15, 0.2) is 36.7 Å². The maximum atomic E-state index is 13.4. The van der Waals surface area contributed by atoms with Crippen LogP contribution in [-0.2, 0) is 20.1 Å². The van der Waals surface area contributed by atoms with Crippen molar-refractivity contribution in [3.05, 3.63) is 65.0 Å². The Bertz CT molecular complexity index is 1230. The van der Waals surface area contributed by atoms with Crippen molar-refractivity contribution in [3.8, 4) is 17.1 Å². The van der Waals surface area contributed by atoms with Gasteiger partial charge in [-0.25, -0.2) is 19.0 Å². The smallest absolute Gasteiger partial charge is 0.159 e. The molecule has 0 saturated heterocycles. The maximum absolute atomic E-state index is 13.4. The van der Waals surface area contributed by atoms with Crippen molar-refractivity contribution in [1.82, 2.24) is 29.5 Å². The zero-order valence-corrected chi connectivity index (χ0v) is 17.9. The summed E-state index contributed by atoms with van der Waals surface area (Å²) in [5.41, 5.74) is 5.19. The van der Waals surface area contributed by atoms with Crippen molar-refractivity contribution in [2.45, 2.75) is 33.8 Å². The fraction of sp³-hybridized carbons (Fsp3) is 0.273. The minimum atomic E-state index is -0.274. The molecule has 0 aliphatic heterocycles. The normalized spacial score (nSPS) is 11.2. The fourth-order valence-corrected chi connectivity index (χ4v) is 3.75. The summed E-state index contributed by atoms with van der Waals surface area (Å²) in [6.45, 7) is 5.72. The molecule has 3 heterocycles. The van der Waals surface area contributed by atoms with Gasteiger partial charge in [0, 0.05) is 35.5 Å². The van der Waals surface area contributed by atoms with Gasteiger partial charge in [-0.05, 0) is 44.5 Å². The largest absolute Gasteiger partial charge is 0.392 e. The van der Waals surface area contributed by atoms with Crippen LogP contribution in [0.4, 0.5) is 16.0 Å². The Morgan fingerprint density at radius 3 is 2.45 bits per heavy atom. The summed E-state index contributed by atoms with van der Waals surface area (Å²) in [7, 11) is 1.86. The molecule has 0 saturated carbocycles. The molecule has 0 aliphatic carbocycles. The van der Waals surface area contributed by atoms with Crippen LogP contribution in [0.25, 0.3) is 17.1 Å². The third-order valence-corrected chi connectivity index (χ3v) is 5.33. The molecule has 9 heteroatoms. The number of aromatic nitrogens is 6. The van der Waals surface area contributed by atoms with Crippen LogP contribution in [-0.4, -0.2) is 34.6 Å². The van der Waals surface area contributed by atoms with E-state index < -0.39 is 0 Å². The third-order valence-electron chi connectivity index (χ3n) is 5.33. The summed E-state index contributed by atoms with van der Waals surface area (Å²) in [6.07, 6.45) is 2.19. The standard InChI is InChI=1S/C22H24FN7O/c1-5-17-21(15-6-8-16(23)9-7-15)29(4)28-22(17)26-19-10-20(25-12-24-19)30-14(3)18(11-31)13(2)27-30/h6-10,12,31H,5,11H2,1-4H3,(H,24,25,26,28). The minimum absolute atomic E-state index is 0.0756. The first-order chi connectivity index (χ1) is 14.9. The monoisotopic (exact) mass is 421 g/mol. The Labute approximate surface area is 179 Å². The summed E-state index contributed by atoms with van der Waals surface area (Å²) in [5.74, 6) is 1.56. The predicted octanol–water partition coefficient (Wildman–Crippen LogP) is 3.62. The number of nitrogens with zero attached hydrogens (tertiary/aromatic N) is 6. The number of benzene rings is 1. The van der Waals surface area contributed by atoms with Gasteiger partial charge >= 0.3 is 0 Å². The van der Waals surface area contributed by atoms with Crippen LogP contribution in [0.5, 0.6) is 0 Å². The van der Waals surface area contributed by atoms with Gasteiger partial charge in [-0.3, -0.25) is 4.68 Å². The number of hydrogen-bond acceptors (Lipinski definition) is 6. The third kappa shape index (κ3) is 3.79. The number of aliphatic hydroxyl groups is 1. The zero-order valence-electron chi connectivity index (χ0n) is 17.9. The minimum Gasteiger partial charge on any atom is -0.392 e. The highest BCUT2D eigenvalue weighted by Crippen LogP contribution is 2.31. The average molecular weight is 421 g/mol. The Morgan fingerprint density at radius 1 is 1.06 bits per heavy atom. The van der Waals surface area contributed by atoms with Crippen molar-refractivity contribution in [2.24, 2.45) is 7.05 Å². The van der Waals surface area contributed by atoms with Crippen molar-refractivity contribution >= 4 is 11.6 Å². The highest BCUT2D eigenvalue weighted by molar-refractivity contribution is 5.72. The molecular weight excluding hydrogens is 397 g/mol. The molecule has 160 valence electrons. The number of hydrogen-bond donors (Lipinski definition) is 2. The highest BCUT2D eigenvalue weighted by atomic mass is 19.1. The van der Waals surface area contributed by atoms with Gasteiger partial charge in [0.05, 0.1) is 18.0 Å². The van der Waals surface area contributed by atoms with Gasteiger partial charge in [-0.1, -0.05) is 6.92 Å². The molecule has 3 aromatic heterocycles. The first kappa shape index (κ1) is 20.7. The van der Waals surface area contributed by atoms with E-state index >= 15 is 0 Å². The molecule has 0 amide bonds. The summed E-state index contributed by atoms with van der Waals surface area (Å²) in [6, 6.07) is 8.17. The summed E-state index contributed by atoms with van der Waals surface area (Å²) in [4.78, 5) is 8.65. The van der Waals surface area contributed by atoms with Crippen LogP contribution in [0.2, 0.25) is 0 Å².